The van der Waals surface area contributed by atoms with Crippen molar-refractivity contribution in [2.45, 2.75) is 45.8 Å². The van der Waals surface area contributed by atoms with E-state index in [1.165, 1.54) is 18.4 Å². The summed E-state index contributed by atoms with van der Waals surface area (Å²) in [5.74, 6) is 2.12. The first kappa shape index (κ1) is 11.7. The molecule has 1 aromatic heterocycles. The van der Waals surface area contributed by atoms with Gasteiger partial charge in [-0.15, -0.1) is 0 Å². The maximum atomic E-state index is 5.73. The zero-order chi connectivity index (χ0) is 11.5. The third-order valence-electron chi connectivity index (χ3n) is 3.21. The second kappa shape index (κ2) is 5.02. The Balaban J connectivity index is 1.94. The molecule has 0 atom stereocenters. The number of hydrogen-bond acceptors (Lipinski definition) is 3. The van der Waals surface area contributed by atoms with Gasteiger partial charge in [-0.2, -0.15) is 0 Å². The molecule has 0 bridgehead atoms. The second-order valence-corrected chi connectivity index (χ2v) is 4.72. The van der Waals surface area contributed by atoms with Crippen LogP contribution in [0.3, 0.4) is 0 Å². The van der Waals surface area contributed by atoms with Gasteiger partial charge >= 0.3 is 0 Å². The van der Waals surface area contributed by atoms with E-state index in [0.29, 0.717) is 0 Å². The van der Waals surface area contributed by atoms with E-state index >= 15 is 0 Å². The maximum absolute atomic E-state index is 5.73. The molecular formula is C13H22N2O. The average molecular weight is 222 g/mol. The summed E-state index contributed by atoms with van der Waals surface area (Å²) < 4.78 is 5.73. The highest BCUT2D eigenvalue weighted by atomic mass is 16.3. The topological polar surface area (TPSA) is 28.4 Å². The Kier molecular flexibility index (Phi) is 3.66. The standard InChI is InChI=1S/C13H22N2O/c1-4-14-8-13-7-11(10(2)16-13)9-15(3)12-5-6-12/h7,12,14H,4-6,8-9H2,1-3H3. The summed E-state index contributed by atoms with van der Waals surface area (Å²) in [7, 11) is 2.20. The van der Waals surface area contributed by atoms with Crippen molar-refractivity contribution in [1.82, 2.24) is 10.2 Å². The molecule has 1 aromatic rings. The van der Waals surface area contributed by atoms with Crippen LogP contribution in [0.15, 0.2) is 10.5 Å². The van der Waals surface area contributed by atoms with Gasteiger partial charge < -0.3 is 9.73 Å². The predicted molar refractivity (Wildman–Crippen MR) is 65.3 cm³/mol. The maximum Gasteiger partial charge on any atom is 0.118 e. The quantitative estimate of drug-likeness (QED) is 0.800. The molecule has 0 aliphatic heterocycles. The molecule has 1 heterocycles. The van der Waals surface area contributed by atoms with E-state index < -0.39 is 0 Å². The third kappa shape index (κ3) is 2.86. The van der Waals surface area contributed by atoms with Crippen molar-refractivity contribution in [3.05, 3.63) is 23.2 Å². The van der Waals surface area contributed by atoms with Crippen LogP contribution in [0.25, 0.3) is 0 Å². The molecule has 1 fully saturated rings. The van der Waals surface area contributed by atoms with E-state index in [9.17, 15) is 0 Å². The van der Waals surface area contributed by atoms with E-state index in [2.05, 4.69) is 37.2 Å². The Hall–Kier alpha value is -0.800. The van der Waals surface area contributed by atoms with Gasteiger partial charge in [0, 0.05) is 18.2 Å². The second-order valence-electron chi connectivity index (χ2n) is 4.72. The van der Waals surface area contributed by atoms with E-state index in [4.69, 9.17) is 4.42 Å². The highest BCUT2D eigenvalue weighted by Gasteiger charge is 2.26. The molecule has 16 heavy (non-hydrogen) atoms. The monoisotopic (exact) mass is 222 g/mol. The average Bonchev–Trinajstić information content (AvgIpc) is 3.03. The normalized spacial score (nSPS) is 16.0. The van der Waals surface area contributed by atoms with Gasteiger partial charge in [0.25, 0.3) is 0 Å². The largest absolute Gasteiger partial charge is 0.465 e. The van der Waals surface area contributed by atoms with Gasteiger partial charge in [0.2, 0.25) is 0 Å². The zero-order valence-electron chi connectivity index (χ0n) is 10.5. The van der Waals surface area contributed by atoms with E-state index in [0.717, 1.165) is 37.2 Å². The first-order valence-electron chi connectivity index (χ1n) is 6.20. The van der Waals surface area contributed by atoms with Crippen molar-refractivity contribution in [3.63, 3.8) is 0 Å². The summed E-state index contributed by atoms with van der Waals surface area (Å²) in [6.45, 7) is 7.01. The number of aryl methyl sites for hydroxylation is 1. The third-order valence-corrected chi connectivity index (χ3v) is 3.21. The zero-order valence-corrected chi connectivity index (χ0v) is 10.5. The Labute approximate surface area is 97.8 Å². The lowest BCUT2D eigenvalue weighted by molar-refractivity contribution is 0.313. The Morgan fingerprint density at radius 2 is 2.25 bits per heavy atom. The molecule has 0 saturated heterocycles. The molecule has 0 unspecified atom stereocenters. The van der Waals surface area contributed by atoms with Crippen LogP contribution in [0.2, 0.25) is 0 Å². The number of hydrogen-bond donors (Lipinski definition) is 1. The summed E-state index contributed by atoms with van der Waals surface area (Å²) in [4.78, 5) is 2.43. The van der Waals surface area contributed by atoms with Gasteiger partial charge in [0.15, 0.2) is 0 Å². The lowest BCUT2D eigenvalue weighted by Gasteiger charge is -2.14. The van der Waals surface area contributed by atoms with Crippen LogP contribution in [0.4, 0.5) is 0 Å². The van der Waals surface area contributed by atoms with E-state index in [1.54, 1.807) is 0 Å². The molecule has 3 nitrogen and oxygen atoms in total. The van der Waals surface area contributed by atoms with Crippen molar-refractivity contribution in [1.29, 1.82) is 0 Å². The van der Waals surface area contributed by atoms with Crippen molar-refractivity contribution < 1.29 is 4.42 Å². The van der Waals surface area contributed by atoms with Gasteiger partial charge in [-0.05, 0) is 39.4 Å². The number of nitrogens with zero attached hydrogens (tertiary/aromatic N) is 1. The van der Waals surface area contributed by atoms with Crippen LogP contribution < -0.4 is 5.32 Å². The molecule has 0 spiro atoms. The van der Waals surface area contributed by atoms with Gasteiger partial charge in [-0.25, -0.2) is 0 Å². The van der Waals surface area contributed by atoms with E-state index in [1.807, 2.05) is 0 Å². The van der Waals surface area contributed by atoms with Gasteiger partial charge in [0.1, 0.15) is 11.5 Å². The molecule has 3 heteroatoms. The number of rotatable bonds is 6. The molecule has 1 saturated carbocycles. The van der Waals surface area contributed by atoms with Crippen LogP contribution in [0.1, 0.15) is 36.8 Å². The molecule has 0 radical (unpaired) electrons. The number of furan rings is 1. The molecular weight excluding hydrogens is 200 g/mol. The summed E-state index contributed by atoms with van der Waals surface area (Å²) in [5, 5.41) is 3.29. The molecule has 1 aliphatic rings. The lowest BCUT2D eigenvalue weighted by Crippen LogP contribution is -2.19. The first-order chi connectivity index (χ1) is 7.70. The highest BCUT2D eigenvalue weighted by Crippen LogP contribution is 2.27. The highest BCUT2D eigenvalue weighted by molar-refractivity contribution is 5.21. The van der Waals surface area contributed by atoms with Crippen LogP contribution in [0.5, 0.6) is 0 Å². The van der Waals surface area contributed by atoms with Crippen LogP contribution in [-0.2, 0) is 13.1 Å². The summed E-state index contributed by atoms with van der Waals surface area (Å²) in [6.07, 6.45) is 2.72. The van der Waals surface area contributed by atoms with Crippen LogP contribution >= 0.6 is 0 Å². The SMILES string of the molecule is CCNCc1cc(CN(C)C2CC2)c(C)o1. The summed E-state index contributed by atoms with van der Waals surface area (Å²) >= 11 is 0. The number of nitrogens with one attached hydrogen (secondary N) is 1. The minimum Gasteiger partial charge on any atom is -0.465 e. The summed E-state index contributed by atoms with van der Waals surface area (Å²) in [5.41, 5.74) is 1.34. The molecule has 1 aliphatic carbocycles. The molecule has 1 N–H and O–H groups in total. The molecule has 2 rings (SSSR count). The van der Waals surface area contributed by atoms with Crippen molar-refractivity contribution in [2.75, 3.05) is 13.6 Å². The first-order valence-corrected chi connectivity index (χ1v) is 6.20. The van der Waals surface area contributed by atoms with Crippen LogP contribution in [0, 0.1) is 6.92 Å². The Morgan fingerprint density at radius 3 is 2.88 bits per heavy atom. The fourth-order valence-corrected chi connectivity index (χ4v) is 1.99. The Bertz CT molecular complexity index is 342. The minimum absolute atomic E-state index is 0.812. The van der Waals surface area contributed by atoms with Gasteiger partial charge in [-0.3, -0.25) is 4.90 Å². The lowest BCUT2D eigenvalue weighted by atomic mass is 10.2. The van der Waals surface area contributed by atoms with Crippen molar-refractivity contribution in [3.8, 4) is 0 Å². The fraction of sp³-hybridized carbons (Fsp3) is 0.692. The van der Waals surface area contributed by atoms with Crippen molar-refractivity contribution >= 4 is 0 Å². The molecule has 0 amide bonds. The molecule has 90 valence electrons. The van der Waals surface area contributed by atoms with Crippen molar-refractivity contribution in [2.24, 2.45) is 0 Å². The minimum atomic E-state index is 0.812. The van der Waals surface area contributed by atoms with E-state index in [-0.39, 0.29) is 0 Å². The van der Waals surface area contributed by atoms with Gasteiger partial charge in [0.05, 0.1) is 6.54 Å². The molecule has 0 aromatic carbocycles. The predicted octanol–water partition coefficient (Wildman–Crippen LogP) is 2.29. The summed E-state index contributed by atoms with van der Waals surface area (Å²) in [6, 6.07) is 3.00. The fourth-order valence-electron chi connectivity index (χ4n) is 1.99. The van der Waals surface area contributed by atoms with Gasteiger partial charge in [-0.1, -0.05) is 6.92 Å². The smallest absolute Gasteiger partial charge is 0.118 e. The Morgan fingerprint density at radius 1 is 1.50 bits per heavy atom. The van der Waals surface area contributed by atoms with Crippen LogP contribution in [-0.4, -0.2) is 24.5 Å².